The molecular weight excluding hydrogens is 355 g/mol. The molecule has 1 aromatic heterocycles. The second-order valence-corrected chi connectivity index (χ2v) is 7.47. The fourth-order valence-corrected chi connectivity index (χ4v) is 3.82. The van der Waals surface area contributed by atoms with Gasteiger partial charge < -0.3 is 16.0 Å². The van der Waals surface area contributed by atoms with Crippen LogP contribution in [-0.4, -0.2) is 21.8 Å². The van der Waals surface area contributed by atoms with Crippen molar-refractivity contribution in [3.63, 3.8) is 0 Å². The number of hydrogen-bond donors (Lipinski definition) is 3. The summed E-state index contributed by atoms with van der Waals surface area (Å²) in [6.07, 6.45) is 0.629. The zero-order chi connectivity index (χ0) is 18.9. The molecule has 1 aromatic carbocycles. The minimum absolute atomic E-state index is 0.0102. The lowest BCUT2D eigenvalue weighted by Gasteiger charge is -2.30. The zero-order valence-electron chi connectivity index (χ0n) is 14.4. The number of hydrogen-bond acceptors (Lipinski definition) is 5. The molecule has 136 valence electrons. The number of aromatic amines is 1. The van der Waals surface area contributed by atoms with E-state index < -0.39 is 22.8 Å². The lowest BCUT2D eigenvalue weighted by atomic mass is 9.89. The second kappa shape index (κ2) is 6.95. The van der Waals surface area contributed by atoms with Gasteiger partial charge in [0.15, 0.2) is 5.17 Å². The van der Waals surface area contributed by atoms with Crippen LogP contribution >= 0.6 is 11.8 Å². The third kappa shape index (κ3) is 3.65. The van der Waals surface area contributed by atoms with E-state index in [1.165, 1.54) is 30.0 Å². The highest BCUT2D eigenvalue weighted by Gasteiger charge is 2.32. The van der Waals surface area contributed by atoms with Crippen LogP contribution in [-0.2, 0) is 5.54 Å². The molecule has 0 radical (unpaired) electrons. The number of H-pyrrole nitrogens is 1. The first-order valence-corrected chi connectivity index (χ1v) is 9.06. The van der Waals surface area contributed by atoms with E-state index >= 15 is 0 Å². The van der Waals surface area contributed by atoms with Gasteiger partial charge in [-0.1, -0.05) is 11.8 Å². The van der Waals surface area contributed by atoms with Crippen molar-refractivity contribution in [2.45, 2.75) is 25.8 Å². The number of carbonyl (C=O) groups excluding carboxylic acids is 1. The number of aliphatic imine (C=N–C) groups is 1. The van der Waals surface area contributed by atoms with E-state index in [0.29, 0.717) is 28.5 Å². The van der Waals surface area contributed by atoms with E-state index in [4.69, 9.17) is 5.73 Å². The molecule has 0 saturated heterocycles. The number of thioether (sulfide) groups is 1. The molecule has 6 nitrogen and oxygen atoms in total. The maximum absolute atomic E-state index is 14.4. The van der Waals surface area contributed by atoms with Crippen molar-refractivity contribution < 1.29 is 9.18 Å². The molecule has 2 aromatic rings. The van der Waals surface area contributed by atoms with Gasteiger partial charge in [0.25, 0.3) is 11.5 Å². The van der Waals surface area contributed by atoms with Crippen LogP contribution < -0.4 is 16.6 Å². The number of halogens is 1. The Balaban J connectivity index is 1.92. The molecule has 1 aliphatic heterocycles. The molecule has 0 saturated carbocycles. The highest BCUT2D eigenvalue weighted by atomic mass is 32.2. The Morgan fingerprint density at radius 1 is 1.38 bits per heavy atom. The molecule has 0 bridgehead atoms. The number of benzene rings is 1. The van der Waals surface area contributed by atoms with Crippen molar-refractivity contribution in [1.82, 2.24) is 4.98 Å². The van der Waals surface area contributed by atoms with Crippen molar-refractivity contribution >= 4 is 28.5 Å². The van der Waals surface area contributed by atoms with Gasteiger partial charge in [0.1, 0.15) is 11.4 Å². The van der Waals surface area contributed by atoms with Gasteiger partial charge in [-0.05, 0) is 50.6 Å². The van der Waals surface area contributed by atoms with Gasteiger partial charge in [0.05, 0.1) is 5.54 Å². The van der Waals surface area contributed by atoms with Crippen molar-refractivity contribution in [2.24, 2.45) is 10.7 Å². The number of aryl methyl sites for hydroxylation is 1. The van der Waals surface area contributed by atoms with E-state index in [0.717, 1.165) is 5.75 Å². The Kier molecular flexibility index (Phi) is 4.86. The molecule has 1 amide bonds. The second-order valence-electron chi connectivity index (χ2n) is 6.36. The minimum Gasteiger partial charge on any atom is -0.379 e. The SMILES string of the molecule is Cc1ccc(C(=O)Nc2ccc(F)c(C3(C)CCSC(N)=N3)c2)c(=O)[nH]1. The van der Waals surface area contributed by atoms with E-state index in [9.17, 15) is 14.0 Å². The Bertz CT molecular complexity index is 956. The van der Waals surface area contributed by atoms with Crippen LogP contribution in [0.3, 0.4) is 0 Å². The summed E-state index contributed by atoms with van der Waals surface area (Å²) in [5.74, 6) is -0.237. The fraction of sp³-hybridized carbons (Fsp3) is 0.278. The highest BCUT2D eigenvalue weighted by molar-refractivity contribution is 8.13. The summed E-state index contributed by atoms with van der Waals surface area (Å²) in [7, 11) is 0. The van der Waals surface area contributed by atoms with Crippen molar-refractivity contribution in [2.75, 3.05) is 11.1 Å². The molecule has 1 atom stereocenters. The molecule has 1 aliphatic rings. The largest absolute Gasteiger partial charge is 0.379 e. The predicted octanol–water partition coefficient (Wildman–Crippen LogP) is 2.74. The Morgan fingerprint density at radius 3 is 2.85 bits per heavy atom. The number of pyridine rings is 1. The van der Waals surface area contributed by atoms with Gasteiger partial charge in [-0.2, -0.15) is 0 Å². The smallest absolute Gasteiger partial charge is 0.261 e. The van der Waals surface area contributed by atoms with Gasteiger partial charge in [0.2, 0.25) is 0 Å². The van der Waals surface area contributed by atoms with E-state index in [1.807, 2.05) is 6.92 Å². The summed E-state index contributed by atoms with van der Waals surface area (Å²) in [5.41, 5.74) is 5.94. The quantitative estimate of drug-likeness (QED) is 0.769. The molecule has 0 fully saturated rings. The van der Waals surface area contributed by atoms with Crippen molar-refractivity contribution in [1.29, 1.82) is 0 Å². The number of rotatable bonds is 3. The molecule has 26 heavy (non-hydrogen) atoms. The summed E-state index contributed by atoms with van der Waals surface area (Å²) in [5, 5.41) is 3.06. The van der Waals surface area contributed by atoms with Gasteiger partial charge in [0, 0.05) is 22.7 Å². The molecule has 0 aliphatic carbocycles. The molecule has 1 unspecified atom stereocenters. The monoisotopic (exact) mass is 374 g/mol. The van der Waals surface area contributed by atoms with E-state index in [-0.39, 0.29) is 5.56 Å². The minimum atomic E-state index is -0.790. The maximum Gasteiger partial charge on any atom is 0.261 e. The number of amidine groups is 1. The molecule has 8 heteroatoms. The lowest BCUT2D eigenvalue weighted by Crippen LogP contribution is -2.30. The number of anilines is 1. The first-order valence-electron chi connectivity index (χ1n) is 8.08. The predicted molar refractivity (Wildman–Crippen MR) is 102 cm³/mol. The fourth-order valence-electron chi connectivity index (χ4n) is 2.85. The summed E-state index contributed by atoms with van der Waals surface area (Å²) < 4.78 is 14.4. The summed E-state index contributed by atoms with van der Waals surface area (Å²) in [6.45, 7) is 3.54. The number of nitrogens with two attached hydrogens (primary N) is 1. The normalized spacial score (nSPS) is 19.7. The average Bonchev–Trinajstić information content (AvgIpc) is 2.56. The Morgan fingerprint density at radius 2 is 2.15 bits per heavy atom. The Hall–Kier alpha value is -2.61. The molecule has 3 rings (SSSR count). The molecule has 2 heterocycles. The first kappa shape index (κ1) is 18.2. The van der Waals surface area contributed by atoms with Crippen LogP contribution in [0.2, 0.25) is 0 Å². The van der Waals surface area contributed by atoms with Gasteiger partial charge >= 0.3 is 0 Å². The lowest BCUT2D eigenvalue weighted by molar-refractivity contribution is 0.102. The van der Waals surface area contributed by atoms with E-state index in [2.05, 4.69) is 15.3 Å². The topological polar surface area (TPSA) is 100 Å². The third-order valence-electron chi connectivity index (χ3n) is 4.30. The van der Waals surface area contributed by atoms with Crippen molar-refractivity contribution in [3.05, 3.63) is 63.3 Å². The molecular formula is C18H19FN4O2S. The third-order valence-corrected chi connectivity index (χ3v) is 5.10. The molecule has 4 N–H and O–H groups in total. The number of carbonyl (C=O) groups is 1. The van der Waals surface area contributed by atoms with Crippen LogP contribution in [0, 0.1) is 12.7 Å². The van der Waals surface area contributed by atoms with Gasteiger partial charge in [-0.25, -0.2) is 4.39 Å². The maximum atomic E-state index is 14.4. The Labute approximate surface area is 154 Å². The number of aromatic nitrogens is 1. The zero-order valence-corrected chi connectivity index (χ0v) is 15.2. The van der Waals surface area contributed by atoms with Crippen LogP contribution in [0.1, 0.15) is 35.0 Å². The standard InChI is InChI=1S/C18H19FN4O2S/c1-10-3-5-12(15(24)21-10)16(25)22-11-4-6-14(19)13(9-11)18(2)7-8-26-17(20)23-18/h3-6,9H,7-8H2,1-2H3,(H2,20,23)(H,21,24)(H,22,25). The highest BCUT2D eigenvalue weighted by Crippen LogP contribution is 2.37. The summed E-state index contributed by atoms with van der Waals surface area (Å²) >= 11 is 1.43. The summed E-state index contributed by atoms with van der Waals surface area (Å²) in [6, 6.07) is 7.38. The number of nitrogens with zero attached hydrogens (tertiary/aromatic N) is 1. The van der Waals surface area contributed by atoms with Gasteiger partial charge in [-0.15, -0.1) is 0 Å². The van der Waals surface area contributed by atoms with Crippen molar-refractivity contribution in [3.8, 4) is 0 Å². The van der Waals surface area contributed by atoms with Crippen LogP contribution in [0.25, 0.3) is 0 Å². The van der Waals surface area contributed by atoms with Gasteiger partial charge in [-0.3, -0.25) is 14.6 Å². The van der Waals surface area contributed by atoms with Crippen LogP contribution in [0.5, 0.6) is 0 Å². The first-order chi connectivity index (χ1) is 12.3. The average molecular weight is 374 g/mol. The summed E-state index contributed by atoms with van der Waals surface area (Å²) in [4.78, 5) is 31.3. The molecule has 0 spiro atoms. The van der Waals surface area contributed by atoms with Crippen LogP contribution in [0.4, 0.5) is 10.1 Å². The number of amides is 1. The van der Waals surface area contributed by atoms with Crippen LogP contribution in [0.15, 0.2) is 40.1 Å². The van der Waals surface area contributed by atoms with E-state index in [1.54, 1.807) is 19.1 Å². The number of nitrogens with one attached hydrogen (secondary N) is 2.